The van der Waals surface area contributed by atoms with Crippen LogP contribution in [0.25, 0.3) is 0 Å². The van der Waals surface area contributed by atoms with Gasteiger partial charge in [0.25, 0.3) is 0 Å². The second-order valence-electron chi connectivity index (χ2n) is 2.25. The summed E-state index contributed by atoms with van der Waals surface area (Å²) in [7, 11) is 0. The zero-order valence-corrected chi connectivity index (χ0v) is 6.92. The van der Waals surface area contributed by atoms with Gasteiger partial charge in [-0.1, -0.05) is 23.7 Å². The molecule has 0 aromatic heterocycles. The highest BCUT2D eigenvalue weighted by molar-refractivity contribution is 6.30. The van der Waals surface area contributed by atoms with Crippen molar-refractivity contribution >= 4 is 11.6 Å². The zero-order valence-electron chi connectivity index (χ0n) is 6.16. The average Bonchev–Trinajstić information content (AvgIpc) is 2.07. The third kappa shape index (κ3) is 1.75. The van der Waals surface area contributed by atoms with Crippen molar-refractivity contribution in [2.75, 3.05) is 0 Å². The minimum Gasteiger partial charge on any atom is -0.196 e. The van der Waals surface area contributed by atoms with Gasteiger partial charge < -0.3 is 0 Å². The van der Waals surface area contributed by atoms with Crippen molar-refractivity contribution in [3.05, 3.63) is 34.9 Å². The first-order valence-electron chi connectivity index (χ1n) is 3.32. The molecule has 0 saturated carbocycles. The van der Waals surface area contributed by atoms with Crippen LogP contribution in [0.3, 0.4) is 0 Å². The van der Waals surface area contributed by atoms with Gasteiger partial charge >= 0.3 is 0 Å². The highest BCUT2D eigenvalue weighted by Crippen LogP contribution is 2.18. The monoisotopic (exact) mass is 176 g/mol. The lowest BCUT2D eigenvalue weighted by atomic mass is 10.0. The molecule has 0 aliphatic rings. The van der Waals surface area contributed by atoms with Crippen LogP contribution in [0.2, 0.25) is 5.02 Å². The van der Waals surface area contributed by atoms with Crippen molar-refractivity contribution in [3.63, 3.8) is 0 Å². The molecule has 58 valence electrons. The lowest BCUT2D eigenvalue weighted by molar-refractivity contribution is 1.10. The van der Waals surface area contributed by atoms with Gasteiger partial charge in [0.2, 0.25) is 0 Å². The van der Waals surface area contributed by atoms with E-state index in [1.807, 2.05) is 12.1 Å². The molecule has 0 heterocycles. The number of hydrogen-bond acceptors (Lipinski definition) is 2. The van der Waals surface area contributed by atoms with Crippen LogP contribution in [0.4, 0.5) is 0 Å². The van der Waals surface area contributed by atoms with E-state index in [-0.39, 0.29) is 0 Å². The van der Waals surface area contributed by atoms with Crippen molar-refractivity contribution in [2.45, 2.75) is 5.92 Å². The molecule has 0 N–H and O–H groups in total. The van der Waals surface area contributed by atoms with Crippen LogP contribution in [0.5, 0.6) is 0 Å². The molecule has 0 bridgehead atoms. The summed E-state index contributed by atoms with van der Waals surface area (Å²) in [5.74, 6) is -0.719. The Hall–Kier alpha value is -1.51. The molecule has 3 heteroatoms. The van der Waals surface area contributed by atoms with Crippen molar-refractivity contribution in [1.82, 2.24) is 0 Å². The number of rotatable bonds is 1. The molecule has 1 aromatic rings. The number of nitrogens with zero attached hydrogens (tertiary/aromatic N) is 2. The number of nitriles is 2. The maximum atomic E-state index is 8.55. The molecule has 0 amide bonds. The quantitative estimate of drug-likeness (QED) is 0.660. The van der Waals surface area contributed by atoms with Crippen LogP contribution in [-0.2, 0) is 0 Å². The summed E-state index contributed by atoms with van der Waals surface area (Å²) >= 11 is 5.68. The second kappa shape index (κ2) is 3.76. The lowest BCUT2D eigenvalue weighted by Crippen LogP contribution is -1.90. The fourth-order valence-electron chi connectivity index (χ4n) is 0.864. The summed E-state index contributed by atoms with van der Waals surface area (Å²) in [6.45, 7) is 0. The summed E-state index contributed by atoms with van der Waals surface area (Å²) in [5.41, 5.74) is 0.646. The van der Waals surface area contributed by atoms with E-state index in [1.54, 1.807) is 24.3 Å². The zero-order chi connectivity index (χ0) is 8.97. The first-order valence-corrected chi connectivity index (χ1v) is 3.70. The summed E-state index contributed by atoms with van der Waals surface area (Å²) < 4.78 is 0. The largest absolute Gasteiger partial charge is 0.196 e. The summed E-state index contributed by atoms with van der Waals surface area (Å²) in [5, 5.41) is 17.7. The molecule has 0 atom stereocenters. The second-order valence-corrected chi connectivity index (χ2v) is 2.68. The minimum atomic E-state index is -0.719. The highest BCUT2D eigenvalue weighted by atomic mass is 35.5. The Bertz CT molecular complexity index is 346. The van der Waals surface area contributed by atoms with E-state index in [4.69, 9.17) is 22.1 Å². The van der Waals surface area contributed by atoms with Gasteiger partial charge in [-0.25, -0.2) is 0 Å². The van der Waals surface area contributed by atoms with E-state index in [9.17, 15) is 0 Å². The standard InChI is InChI=1S/C9H5ClN2/c10-9-3-1-2-7(4-9)8(5-11)6-12/h1-4,8H. The highest BCUT2D eigenvalue weighted by Gasteiger charge is 2.07. The summed E-state index contributed by atoms with van der Waals surface area (Å²) in [4.78, 5) is 0. The molecule has 12 heavy (non-hydrogen) atoms. The smallest absolute Gasteiger partial charge is 0.158 e. The maximum Gasteiger partial charge on any atom is 0.158 e. The molecule has 0 aliphatic heterocycles. The molecule has 1 aromatic carbocycles. The van der Waals surface area contributed by atoms with Gasteiger partial charge in [-0.2, -0.15) is 10.5 Å². The van der Waals surface area contributed by atoms with Gasteiger partial charge in [-0.3, -0.25) is 0 Å². The van der Waals surface area contributed by atoms with Crippen LogP contribution in [0.1, 0.15) is 11.5 Å². The first kappa shape index (κ1) is 8.59. The van der Waals surface area contributed by atoms with Crippen LogP contribution in [0.15, 0.2) is 24.3 Å². The van der Waals surface area contributed by atoms with E-state index in [0.717, 1.165) is 0 Å². The number of halogens is 1. The number of benzene rings is 1. The van der Waals surface area contributed by atoms with Gasteiger partial charge in [0.15, 0.2) is 5.92 Å². The molecule has 0 saturated heterocycles. The summed E-state index contributed by atoms with van der Waals surface area (Å²) in [6, 6.07) is 10.5. The maximum absolute atomic E-state index is 8.55. The average molecular weight is 177 g/mol. The lowest BCUT2D eigenvalue weighted by Gasteiger charge is -1.99. The van der Waals surface area contributed by atoms with Gasteiger partial charge in [0.1, 0.15) is 0 Å². The Labute approximate surface area is 75.6 Å². The van der Waals surface area contributed by atoms with Crippen molar-refractivity contribution in [2.24, 2.45) is 0 Å². The molecule has 2 nitrogen and oxygen atoms in total. The van der Waals surface area contributed by atoms with Gasteiger partial charge in [-0.15, -0.1) is 0 Å². The van der Waals surface area contributed by atoms with E-state index in [0.29, 0.717) is 10.6 Å². The molecule has 0 radical (unpaired) electrons. The molecule has 0 spiro atoms. The van der Waals surface area contributed by atoms with Crippen LogP contribution in [0, 0.1) is 22.7 Å². The fraction of sp³-hybridized carbons (Fsp3) is 0.111. The van der Waals surface area contributed by atoms with Crippen molar-refractivity contribution in [3.8, 4) is 12.1 Å². The molecule has 0 fully saturated rings. The van der Waals surface area contributed by atoms with Crippen LogP contribution in [-0.4, -0.2) is 0 Å². The van der Waals surface area contributed by atoms with E-state index in [1.165, 1.54) is 0 Å². The Morgan fingerprint density at radius 3 is 2.42 bits per heavy atom. The number of hydrogen-bond donors (Lipinski definition) is 0. The third-order valence-electron chi connectivity index (χ3n) is 1.44. The normalized spacial score (nSPS) is 9.00. The van der Waals surface area contributed by atoms with E-state index < -0.39 is 5.92 Å². The first-order chi connectivity index (χ1) is 5.77. The Morgan fingerprint density at radius 2 is 1.92 bits per heavy atom. The molecule has 0 aliphatic carbocycles. The Balaban J connectivity index is 3.06. The summed E-state index contributed by atoms with van der Waals surface area (Å²) in [6.07, 6.45) is 0. The van der Waals surface area contributed by atoms with E-state index >= 15 is 0 Å². The minimum absolute atomic E-state index is 0.544. The van der Waals surface area contributed by atoms with Gasteiger partial charge in [-0.05, 0) is 17.7 Å². The van der Waals surface area contributed by atoms with Crippen molar-refractivity contribution < 1.29 is 0 Å². The fourth-order valence-corrected chi connectivity index (χ4v) is 1.06. The topological polar surface area (TPSA) is 47.6 Å². The van der Waals surface area contributed by atoms with Crippen LogP contribution >= 0.6 is 11.6 Å². The predicted octanol–water partition coefficient (Wildman–Crippen LogP) is 2.47. The van der Waals surface area contributed by atoms with E-state index in [2.05, 4.69) is 0 Å². The molecular formula is C9H5ClN2. The van der Waals surface area contributed by atoms with Gasteiger partial charge in [0, 0.05) is 5.02 Å². The van der Waals surface area contributed by atoms with Crippen LogP contribution < -0.4 is 0 Å². The Morgan fingerprint density at radius 1 is 1.25 bits per heavy atom. The Kier molecular flexibility index (Phi) is 2.69. The molecule has 0 unspecified atom stereocenters. The van der Waals surface area contributed by atoms with Crippen molar-refractivity contribution in [1.29, 1.82) is 10.5 Å². The van der Waals surface area contributed by atoms with Gasteiger partial charge in [0.05, 0.1) is 12.1 Å². The SMILES string of the molecule is N#CC(C#N)c1cccc(Cl)c1. The third-order valence-corrected chi connectivity index (χ3v) is 1.68. The molecular weight excluding hydrogens is 172 g/mol. The predicted molar refractivity (Wildman–Crippen MR) is 45.4 cm³/mol. The molecule has 1 rings (SSSR count).